The standard InChI is InChI=1S/C19H39N5O3S.HI/c1-18(2)27-16-17-28(25,26)24-14-12-23(13-15-24)19(20-3)21-8-11-22-9-6-4-5-7-10-22;/h18H,4-17H2,1-3H3,(H,20,21);1H. The zero-order valence-corrected chi connectivity index (χ0v) is 21.5. The Hall–Kier alpha value is -0.170. The first-order valence-corrected chi connectivity index (χ1v) is 12.3. The largest absolute Gasteiger partial charge is 0.378 e. The molecule has 2 aliphatic heterocycles. The lowest BCUT2D eigenvalue weighted by Gasteiger charge is -2.36. The van der Waals surface area contributed by atoms with Crippen LogP contribution < -0.4 is 5.32 Å². The molecule has 2 aliphatic rings. The van der Waals surface area contributed by atoms with Gasteiger partial charge in [0.15, 0.2) is 5.96 Å². The Kier molecular flexibility index (Phi) is 13.0. The highest BCUT2D eigenvalue weighted by atomic mass is 127. The van der Waals surface area contributed by atoms with Crippen LogP contribution in [0.5, 0.6) is 0 Å². The Morgan fingerprint density at radius 1 is 1.03 bits per heavy atom. The van der Waals surface area contributed by atoms with Crippen LogP contribution >= 0.6 is 24.0 Å². The average Bonchev–Trinajstić information content (AvgIpc) is 2.94. The smallest absolute Gasteiger partial charge is 0.216 e. The van der Waals surface area contributed by atoms with E-state index in [1.54, 1.807) is 11.4 Å². The van der Waals surface area contributed by atoms with Crippen molar-refractivity contribution in [2.24, 2.45) is 4.99 Å². The van der Waals surface area contributed by atoms with Crippen molar-refractivity contribution in [3.63, 3.8) is 0 Å². The van der Waals surface area contributed by atoms with Crippen molar-refractivity contribution in [2.45, 2.75) is 45.6 Å². The maximum absolute atomic E-state index is 12.5. The van der Waals surface area contributed by atoms with Gasteiger partial charge in [-0.15, -0.1) is 24.0 Å². The van der Waals surface area contributed by atoms with Crippen LogP contribution in [0.15, 0.2) is 4.99 Å². The number of guanidine groups is 1. The number of ether oxygens (including phenoxy) is 1. The van der Waals surface area contributed by atoms with Gasteiger partial charge in [0.25, 0.3) is 0 Å². The number of nitrogens with zero attached hydrogens (tertiary/aromatic N) is 4. The number of likely N-dealkylation sites (tertiary alicyclic amines) is 1. The first-order valence-electron chi connectivity index (χ1n) is 10.7. The molecule has 10 heteroatoms. The van der Waals surface area contributed by atoms with Crippen LogP contribution in [0.4, 0.5) is 0 Å². The molecule has 0 unspecified atom stereocenters. The predicted octanol–water partition coefficient (Wildman–Crippen LogP) is 1.43. The van der Waals surface area contributed by atoms with Crippen molar-refractivity contribution < 1.29 is 13.2 Å². The van der Waals surface area contributed by atoms with Gasteiger partial charge in [0.1, 0.15) is 0 Å². The van der Waals surface area contributed by atoms with Crippen molar-refractivity contribution in [1.82, 2.24) is 19.4 Å². The number of rotatable bonds is 8. The number of hydrogen-bond donors (Lipinski definition) is 1. The molecular weight excluding hydrogens is 505 g/mol. The molecule has 0 saturated carbocycles. The van der Waals surface area contributed by atoms with E-state index in [9.17, 15) is 8.42 Å². The van der Waals surface area contributed by atoms with Gasteiger partial charge >= 0.3 is 0 Å². The van der Waals surface area contributed by atoms with E-state index in [0.29, 0.717) is 26.2 Å². The highest BCUT2D eigenvalue weighted by molar-refractivity contribution is 14.0. The van der Waals surface area contributed by atoms with Gasteiger partial charge in [0.2, 0.25) is 10.0 Å². The minimum Gasteiger partial charge on any atom is -0.378 e. The van der Waals surface area contributed by atoms with Crippen LogP contribution in [0.2, 0.25) is 0 Å². The van der Waals surface area contributed by atoms with Crippen molar-refractivity contribution in [3.05, 3.63) is 0 Å². The molecule has 0 aromatic heterocycles. The molecule has 2 rings (SSSR count). The number of nitrogens with one attached hydrogen (secondary N) is 1. The van der Waals surface area contributed by atoms with E-state index in [1.165, 1.54) is 38.8 Å². The van der Waals surface area contributed by atoms with Crippen LogP contribution in [0.3, 0.4) is 0 Å². The Morgan fingerprint density at radius 2 is 1.66 bits per heavy atom. The van der Waals surface area contributed by atoms with Crippen LogP contribution in [0.25, 0.3) is 0 Å². The first kappa shape index (κ1) is 26.9. The van der Waals surface area contributed by atoms with E-state index in [-0.39, 0.29) is 42.4 Å². The van der Waals surface area contributed by atoms with Gasteiger partial charge in [-0.3, -0.25) is 4.99 Å². The summed E-state index contributed by atoms with van der Waals surface area (Å²) in [5, 5.41) is 3.45. The lowest BCUT2D eigenvalue weighted by Crippen LogP contribution is -2.54. The molecule has 0 amide bonds. The molecule has 2 fully saturated rings. The third kappa shape index (κ3) is 9.67. The van der Waals surface area contributed by atoms with Gasteiger partial charge in [-0.1, -0.05) is 12.8 Å². The molecule has 29 heavy (non-hydrogen) atoms. The topological polar surface area (TPSA) is 77.5 Å². The Bertz CT molecular complexity index is 572. The van der Waals surface area contributed by atoms with Crippen molar-refractivity contribution >= 4 is 40.0 Å². The summed E-state index contributed by atoms with van der Waals surface area (Å²) in [4.78, 5) is 9.07. The van der Waals surface area contributed by atoms with Crippen LogP contribution in [-0.4, -0.2) is 106 Å². The zero-order valence-electron chi connectivity index (χ0n) is 18.3. The summed E-state index contributed by atoms with van der Waals surface area (Å²) in [6.07, 6.45) is 5.35. The number of piperazine rings is 1. The molecule has 0 aromatic carbocycles. The van der Waals surface area contributed by atoms with E-state index < -0.39 is 10.0 Å². The van der Waals surface area contributed by atoms with Crippen LogP contribution in [0, 0.1) is 0 Å². The number of halogens is 1. The Balaban J connectivity index is 0.00000420. The molecule has 0 radical (unpaired) electrons. The lowest BCUT2D eigenvalue weighted by molar-refractivity contribution is 0.0904. The Morgan fingerprint density at radius 3 is 2.21 bits per heavy atom. The summed E-state index contributed by atoms with van der Waals surface area (Å²) in [6, 6.07) is 0. The number of hydrogen-bond acceptors (Lipinski definition) is 5. The SMILES string of the molecule is CN=C(NCCN1CCCCCC1)N1CCN(S(=O)(=O)CCOC(C)C)CC1.I. The number of aliphatic imine (C=N–C) groups is 1. The molecule has 0 spiro atoms. The fraction of sp³-hybridized carbons (Fsp3) is 0.947. The zero-order chi connectivity index (χ0) is 20.4. The van der Waals surface area contributed by atoms with E-state index in [0.717, 1.165) is 19.0 Å². The molecule has 172 valence electrons. The highest BCUT2D eigenvalue weighted by Crippen LogP contribution is 2.10. The summed E-state index contributed by atoms with van der Waals surface area (Å²) in [5.41, 5.74) is 0. The second-order valence-electron chi connectivity index (χ2n) is 7.85. The van der Waals surface area contributed by atoms with Gasteiger partial charge in [-0.25, -0.2) is 8.42 Å². The minimum absolute atomic E-state index is 0. The van der Waals surface area contributed by atoms with E-state index in [1.807, 2.05) is 13.8 Å². The van der Waals surface area contributed by atoms with Gasteiger partial charge in [0.05, 0.1) is 18.5 Å². The van der Waals surface area contributed by atoms with E-state index in [4.69, 9.17) is 4.74 Å². The van der Waals surface area contributed by atoms with Gasteiger partial charge < -0.3 is 19.9 Å². The number of sulfonamides is 1. The summed E-state index contributed by atoms with van der Waals surface area (Å²) in [7, 11) is -1.46. The van der Waals surface area contributed by atoms with Crippen LogP contribution in [0.1, 0.15) is 39.5 Å². The molecule has 0 aliphatic carbocycles. The molecular formula is C19H40IN5O3S. The summed E-state index contributed by atoms with van der Waals surface area (Å²) < 4.78 is 31.9. The summed E-state index contributed by atoms with van der Waals surface area (Å²) >= 11 is 0. The normalized spacial score (nSPS) is 20.4. The fourth-order valence-electron chi connectivity index (χ4n) is 3.71. The second-order valence-corrected chi connectivity index (χ2v) is 9.94. The third-order valence-electron chi connectivity index (χ3n) is 5.35. The fourth-order valence-corrected chi connectivity index (χ4v) is 5.00. The molecule has 1 N–H and O–H groups in total. The Labute approximate surface area is 194 Å². The molecule has 0 bridgehead atoms. The summed E-state index contributed by atoms with van der Waals surface area (Å²) in [6.45, 7) is 10.7. The molecule has 2 heterocycles. The van der Waals surface area contributed by atoms with Gasteiger partial charge in [-0.05, 0) is 39.8 Å². The maximum atomic E-state index is 12.5. The monoisotopic (exact) mass is 545 g/mol. The highest BCUT2D eigenvalue weighted by Gasteiger charge is 2.28. The van der Waals surface area contributed by atoms with Crippen LogP contribution in [-0.2, 0) is 14.8 Å². The molecule has 0 aromatic rings. The first-order chi connectivity index (χ1) is 13.4. The lowest BCUT2D eigenvalue weighted by atomic mass is 10.2. The quantitative estimate of drug-likeness (QED) is 0.283. The van der Waals surface area contributed by atoms with Crippen molar-refractivity contribution in [3.8, 4) is 0 Å². The third-order valence-corrected chi connectivity index (χ3v) is 7.18. The van der Waals surface area contributed by atoms with Gasteiger partial charge in [0, 0.05) is 46.3 Å². The predicted molar refractivity (Wildman–Crippen MR) is 130 cm³/mol. The molecule has 2 saturated heterocycles. The van der Waals surface area contributed by atoms with Gasteiger partial charge in [-0.2, -0.15) is 4.31 Å². The second kappa shape index (κ2) is 14.0. The molecule has 8 nitrogen and oxygen atoms in total. The van der Waals surface area contributed by atoms with E-state index in [2.05, 4.69) is 20.1 Å². The maximum Gasteiger partial charge on any atom is 0.216 e. The van der Waals surface area contributed by atoms with Crippen molar-refractivity contribution in [1.29, 1.82) is 0 Å². The van der Waals surface area contributed by atoms with E-state index >= 15 is 0 Å². The van der Waals surface area contributed by atoms with Crippen molar-refractivity contribution in [2.75, 3.05) is 71.8 Å². The molecule has 0 atom stereocenters. The average molecular weight is 546 g/mol. The summed E-state index contributed by atoms with van der Waals surface area (Å²) in [5.74, 6) is 0.920. The minimum atomic E-state index is -3.26.